The van der Waals surface area contributed by atoms with Gasteiger partial charge in [-0.2, -0.15) is 5.10 Å². The Hall–Kier alpha value is -3.85. The van der Waals surface area contributed by atoms with Crippen molar-refractivity contribution in [3.05, 3.63) is 65.4 Å². The fraction of sp³-hybridized carbons (Fsp3) is 0.414. The van der Waals surface area contributed by atoms with Crippen LogP contribution in [-0.2, 0) is 14.9 Å². The largest absolute Gasteiger partial charge is 0.495 e. The van der Waals surface area contributed by atoms with Gasteiger partial charge in [0, 0.05) is 31.7 Å². The van der Waals surface area contributed by atoms with Gasteiger partial charge in [0.1, 0.15) is 18.1 Å². The summed E-state index contributed by atoms with van der Waals surface area (Å²) >= 11 is 0. The molecule has 9 nitrogen and oxygen atoms in total. The van der Waals surface area contributed by atoms with Gasteiger partial charge in [-0.15, -0.1) is 0 Å². The Morgan fingerprint density at radius 1 is 1.03 bits per heavy atom. The Bertz CT molecular complexity index is 1260. The van der Waals surface area contributed by atoms with E-state index in [0.29, 0.717) is 36.8 Å². The normalized spacial score (nSPS) is 11.2. The van der Waals surface area contributed by atoms with E-state index in [-0.39, 0.29) is 17.9 Å². The zero-order chi connectivity index (χ0) is 27.9. The van der Waals surface area contributed by atoms with E-state index in [4.69, 9.17) is 14.6 Å². The molecular formula is C29H39N5O4. The maximum Gasteiger partial charge on any atom is 0.322 e. The molecule has 1 heterocycles. The highest BCUT2D eigenvalue weighted by Gasteiger charge is 2.24. The van der Waals surface area contributed by atoms with Crippen LogP contribution in [0.2, 0.25) is 0 Å². The third-order valence-corrected chi connectivity index (χ3v) is 6.07. The number of hydrogen-bond donors (Lipinski definition) is 2. The van der Waals surface area contributed by atoms with Crippen LogP contribution >= 0.6 is 0 Å². The summed E-state index contributed by atoms with van der Waals surface area (Å²) < 4.78 is 12.3. The van der Waals surface area contributed by atoms with Crippen molar-refractivity contribution in [1.29, 1.82) is 0 Å². The molecule has 0 saturated heterocycles. The van der Waals surface area contributed by atoms with Gasteiger partial charge in [0.2, 0.25) is 5.91 Å². The molecule has 204 valence electrons. The van der Waals surface area contributed by atoms with E-state index in [1.807, 2.05) is 38.1 Å². The van der Waals surface area contributed by atoms with Crippen molar-refractivity contribution in [2.45, 2.75) is 46.5 Å². The third kappa shape index (κ3) is 7.35. The van der Waals surface area contributed by atoms with Gasteiger partial charge in [-0.3, -0.25) is 4.79 Å². The molecule has 0 fully saturated rings. The Balaban J connectivity index is 1.85. The quantitative estimate of drug-likeness (QED) is 0.353. The second-order valence-corrected chi connectivity index (χ2v) is 10.3. The van der Waals surface area contributed by atoms with Gasteiger partial charge in [0.25, 0.3) is 0 Å². The zero-order valence-corrected chi connectivity index (χ0v) is 23.4. The maximum atomic E-state index is 13.3. The molecule has 3 amide bonds. The van der Waals surface area contributed by atoms with Crippen LogP contribution in [0.1, 0.15) is 44.0 Å². The Kier molecular flexibility index (Phi) is 9.52. The lowest BCUT2D eigenvalue weighted by Crippen LogP contribution is -2.41. The van der Waals surface area contributed by atoms with Gasteiger partial charge in [-0.05, 0) is 44.0 Å². The van der Waals surface area contributed by atoms with E-state index in [9.17, 15) is 9.59 Å². The van der Waals surface area contributed by atoms with Crippen molar-refractivity contribution in [2.24, 2.45) is 0 Å². The molecular weight excluding hydrogens is 482 g/mol. The first-order valence-electron chi connectivity index (χ1n) is 12.7. The average Bonchev–Trinajstić information content (AvgIpc) is 3.27. The molecule has 2 aromatic carbocycles. The van der Waals surface area contributed by atoms with E-state index in [1.165, 1.54) is 4.90 Å². The predicted molar refractivity (Wildman–Crippen MR) is 150 cm³/mol. The first-order chi connectivity index (χ1) is 18.0. The molecule has 9 heteroatoms. The van der Waals surface area contributed by atoms with Gasteiger partial charge >= 0.3 is 6.03 Å². The number of anilines is 2. The summed E-state index contributed by atoms with van der Waals surface area (Å²) in [5, 5.41) is 10.7. The van der Waals surface area contributed by atoms with Gasteiger partial charge in [-0.25, -0.2) is 9.48 Å². The lowest BCUT2D eigenvalue weighted by atomic mass is 9.92. The Labute approximate surface area is 225 Å². The van der Waals surface area contributed by atoms with E-state index in [1.54, 1.807) is 37.1 Å². The molecule has 2 N–H and O–H groups in total. The number of rotatable bonds is 10. The molecule has 0 atom stereocenters. The monoisotopic (exact) mass is 521 g/mol. The smallest absolute Gasteiger partial charge is 0.322 e. The van der Waals surface area contributed by atoms with Crippen molar-refractivity contribution in [3.63, 3.8) is 0 Å². The van der Waals surface area contributed by atoms with E-state index in [2.05, 4.69) is 37.5 Å². The number of benzene rings is 2. The molecule has 3 rings (SSSR count). The van der Waals surface area contributed by atoms with Crippen LogP contribution in [0.25, 0.3) is 5.69 Å². The molecule has 0 spiro atoms. The van der Waals surface area contributed by atoms with Crippen molar-refractivity contribution in [2.75, 3.05) is 44.5 Å². The van der Waals surface area contributed by atoms with Gasteiger partial charge in [0.05, 0.1) is 24.2 Å². The minimum Gasteiger partial charge on any atom is -0.495 e. The third-order valence-electron chi connectivity index (χ3n) is 6.07. The van der Waals surface area contributed by atoms with Crippen molar-refractivity contribution >= 4 is 23.4 Å². The topological polar surface area (TPSA) is 97.7 Å². The number of methoxy groups -OCH3 is 2. The van der Waals surface area contributed by atoms with Crippen molar-refractivity contribution in [1.82, 2.24) is 14.7 Å². The minimum absolute atomic E-state index is 0.145. The number of ether oxygens (including phenoxy) is 2. The number of hydrogen-bond acceptors (Lipinski definition) is 5. The van der Waals surface area contributed by atoms with Gasteiger partial charge in [0.15, 0.2) is 0 Å². The molecule has 0 radical (unpaired) electrons. The lowest BCUT2D eigenvalue weighted by molar-refractivity contribution is -0.116. The highest BCUT2D eigenvalue weighted by Crippen LogP contribution is 2.28. The van der Waals surface area contributed by atoms with Gasteiger partial charge < -0.3 is 25.0 Å². The predicted octanol–water partition coefficient (Wildman–Crippen LogP) is 5.30. The SMILES string of the molecule is COCCCN(CC(=O)Nc1cc(C(C)(C)C)nn1-c1ccc(C)cc1C)C(=O)Nc1ccccc1OC. The van der Waals surface area contributed by atoms with Crippen LogP contribution in [0.5, 0.6) is 5.75 Å². The molecule has 0 aliphatic carbocycles. The Morgan fingerprint density at radius 2 is 1.76 bits per heavy atom. The number of nitrogens with one attached hydrogen (secondary N) is 2. The molecule has 38 heavy (non-hydrogen) atoms. The number of carbonyl (C=O) groups is 2. The number of urea groups is 1. The van der Waals surface area contributed by atoms with Crippen molar-refractivity contribution in [3.8, 4) is 11.4 Å². The maximum absolute atomic E-state index is 13.3. The molecule has 0 aliphatic heterocycles. The van der Waals surface area contributed by atoms with E-state index in [0.717, 1.165) is 22.5 Å². The van der Waals surface area contributed by atoms with Crippen LogP contribution in [0.15, 0.2) is 48.5 Å². The minimum atomic E-state index is -0.404. The summed E-state index contributed by atoms with van der Waals surface area (Å²) in [5.41, 5.74) is 4.23. The molecule has 0 saturated carbocycles. The molecule has 0 unspecified atom stereocenters. The number of nitrogens with zero attached hydrogens (tertiary/aromatic N) is 3. The van der Waals surface area contributed by atoms with Crippen LogP contribution in [-0.4, -0.2) is 60.5 Å². The summed E-state index contributed by atoms with van der Waals surface area (Å²) in [5.74, 6) is 0.757. The zero-order valence-electron chi connectivity index (χ0n) is 23.4. The number of aryl methyl sites for hydroxylation is 2. The highest BCUT2D eigenvalue weighted by atomic mass is 16.5. The van der Waals surface area contributed by atoms with Crippen LogP contribution in [0.4, 0.5) is 16.3 Å². The van der Waals surface area contributed by atoms with Crippen LogP contribution in [0, 0.1) is 13.8 Å². The van der Waals surface area contributed by atoms with E-state index >= 15 is 0 Å². The summed E-state index contributed by atoms with van der Waals surface area (Å²) in [4.78, 5) is 27.9. The number of amides is 3. The lowest BCUT2D eigenvalue weighted by Gasteiger charge is -2.23. The molecule has 0 aliphatic rings. The van der Waals surface area contributed by atoms with Crippen LogP contribution < -0.4 is 15.4 Å². The number of aromatic nitrogens is 2. The summed E-state index contributed by atoms with van der Waals surface area (Å²) in [6.07, 6.45) is 0.581. The first-order valence-corrected chi connectivity index (χ1v) is 12.7. The van der Waals surface area contributed by atoms with E-state index < -0.39 is 6.03 Å². The second-order valence-electron chi connectivity index (χ2n) is 10.3. The summed E-state index contributed by atoms with van der Waals surface area (Å²) in [6.45, 7) is 10.9. The Morgan fingerprint density at radius 3 is 2.42 bits per heavy atom. The first kappa shape index (κ1) is 28.7. The summed E-state index contributed by atoms with van der Waals surface area (Å²) in [6, 6.07) is 14.7. The number of carbonyl (C=O) groups excluding carboxylic acids is 2. The number of para-hydroxylation sites is 2. The molecule has 1 aromatic heterocycles. The fourth-order valence-corrected chi connectivity index (χ4v) is 4.01. The van der Waals surface area contributed by atoms with Gasteiger partial charge in [-0.1, -0.05) is 50.6 Å². The summed E-state index contributed by atoms with van der Waals surface area (Å²) in [7, 11) is 3.15. The second kappa shape index (κ2) is 12.6. The van der Waals surface area contributed by atoms with Crippen molar-refractivity contribution < 1.29 is 19.1 Å². The standard InChI is InChI=1S/C29H39N5O4/c1-20-13-14-23(21(2)17-20)34-26(18-25(32-34)29(3,4)5)31-27(35)19-33(15-10-16-37-6)28(36)30-22-11-8-9-12-24(22)38-7/h8-9,11-14,17-18H,10,15-16,19H2,1-7H3,(H,30,36)(H,31,35). The molecule has 3 aromatic rings. The highest BCUT2D eigenvalue weighted by molar-refractivity contribution is 5.97. The average molecular weight is 522 g/mol. The fourth-order valence-electron chi connectivity index (χ4n) is 4.01. The van der Waals surface area contributed by atoms with Crippen LogP contribution in [0.3, 0.4) is 0 Å². The molecule has 0 bridgehead atoms.